The Hall–Kier alpha value is -1.88. The molecule has 0 fully saturated rings. The minimum absolute atomic E-state index is 0.388. The highest BCUT2D eigenvalue weighted by molar-refractivity contribution is 9.10. The highest BCUT2D eigenvalue weighted by Crippen LogP contribution is 2.22. The Labute approximate surface area is 125 Å². The Morgan fingerprint density at radius 1 is 1.20 bits per heavy atom. The second kappa shape index (κ2) is 6.52. The van der Waals surface area contributed by atoms with E-state index in [1.807, 2.05) is 25.1 Å². The summed E-state index contributed by atoms with van der Waals surface area (Å²) >= 11 is 3.40. The number of hydrogen-bond acceptors (Lipinski definition) is 1. The van der Waals surface area contributed by atoms with E-state index in [1.54, 1.807) is 12.1 Å². The molecule has 2 rings (SSSR count). The summed E-state index contributed by atoms with van der Waals surface area (Å²) in [6, 6.07) is 11.0. The van der Waals surface area contributed by atoms with Gasteiger partial charge in [0, 0.05) is 15.8 Å². The van der Waals surface area contributed by atoms with Crippen LogP contribution in [-0.4, -0.2) is 6.03 Å². The van der Waals surface area contributed by atoms with Gasteiger partial charge >= 0.3 is 6.03 Å². The third-order valence-corrected chi connectivity index (χ3v) is 3.27. The number of aryl methyl sites for hydroxylation is 1. The fourth-order valence-electron chi connectivity index (χ4n) is 1.83. The van der Waals surface area contributed by atoms with Crippen LogP contribution in [0.1, 0.15) is 12.5 Å². The van der Waals surface area contributed by atoms with E-state index < -0.39 is 6.03 Å². The van der Waals surface area contributed by atoms with Crippen molar-refractivity contribution in [3.63, 3.8) is 0 Å². The van der Waals surface area contributed by atoms with Gasteiger partial charge in [-0.15, -0.1) is 0 Å². The van der Waals surface area contributed by atoms with Crippen molar-refractivity contribution < 1.29 is 9.18 Å². The normalized spacial score (nSPS) is 10.2. The maximum atomic E-state index is 13.0. The third kappa shape index (κ3) is 3.81. The van der Waals surface area contributed by atoms with Crippen LogP contribution in [0, 0.1) is 5.82 Å². The lowest BCUT2D eigenvalue weighted by molar-refractivity contribution is 0.262. The van der Waals surface area contributed by atoms with E-state index in [0.717, 1.165) is 22.1 Å². The predicted octanol–water partition coefficient (Wildman–Crippen LogP) is 4.79. The molecule has 2 aromatic rings. The quantitative estimate of drug-likeness (QED) is 0.830. The molecule has 0 aliphatic rings. The zero-order valence-electron chi connectivity index (χ0n) is 10.9. The number of amides is 2. The van der Waals surface area contributed by atoms with Crippen LogP contribution in [0.25, 0.3) is 0 Å². The molecule has 0 saturated carbocycles. The smallest absolute Gasteiger partial charge is 0.308 e. The lowest BCUT2D eigenvalue weighted by Gasteiger charge is -2.11. The van der Waals surface area contributed by atoms with Crippen molar-refractivity contribution >= 4 is 33.3 Å². The van der Waals surface area contributed by atoms with Gasteiger partial charge < -0.3 is 10.6 Å². The minimum atomic E-state index is -0.396. The van der Waals surface area contributed by atoms with E-state index in [0.29, 0.717) is 5.69 Å². The molecule has 20 heavy (non-hydrogen) atoms. The molecule has 2 amide bonds. The maximum Gasteiger partial charge on any atom is 0.323 e. The largest absolute Gasteiger partial charge is 0.323 e. The number of anilines is 2. The van der Waals surface area contributed by atoms with Crippen LogP contribution in [0.5, 0.6) is 0 Å². The molecule has 0 spiro atoms. The summed E-state index contributed by atoms with van der Waals surface area (Å²) in [5.41, 5.74) is 2.18. The molecule has 0 saturated heterocycles. The molecular formula is C15H14BrFN2O. The van der Waals surface area contributed by atoms with Gasteiger partial charge in [0.15, 0.2) is 0 Å². The molecule has 0 aliphatic heterocycles. The zero-order chi connectivity index (χ0) is 14.5. The molecule has 0 radical (unpaired) electrons. The molecule has 0 atom stereocenters. The van der Waals surface area contributed by atoms with Gasteiger partial charge in [0.1, 0.15) is 5.82 Å². The van der Waals surface area contributed by atoms with Crippen molar-refractivity contribution in [2.45, 2.75) is 13.3 Å². The monoisotopic (exact) mass is 336 g/mol. The summed E-state index contributed by atoms with van der Waals surface area (Å²) in [6.45, 7) is 2.01. The number of benzene rings is 2. The Morgan fingerprint density at radius 2 is 2.00 bits per heavy atom. The topological polar surface area (TPSA) is 41.1 Å². The first kappa shape index (κ1) is 14.5. The van der Waals surface area contributed by atoms with Crippen LogP contribution in [0.4, 0.5) is 20.6 Å². The maximum absolute atomic E-state index is 13.0. The molecule has 3 nitrogen and oxygen atoms in total. The van der Waals surface area contributed by atoms with Crippen molar-refractivity contribution in [1.82, 2.24) is 0 Å². The predicted molar refractivity (Wildman–Crippen MR) is 82.6 cm³/mol. The second-order valence-corrected chi connectivity index (χ2v) is 5.16. The third-order valence-electron chi connectivity index (χ3n) is 2.78. The number of carbonyl (C=O) groups excluding carboxylic acids is 1. The standard InChI is InChI=1S/C15H14BrFN2O/c1-2-10-8-11(16)6-7-14(10)19-15(20)18-13-5-3-4-12(17)9-13/h3-9H,2H2,1H3,(H2,18,19,20). The van der Waals surface area contributed by atoms with Gasteiger partial charge in [-0.25, -0.2) is 9.18 Å². The van der Waals surface area contributed by atoms with Crippen LogP contribution >= 0.6 is 15.9 Å². The average Bonchev–Trinajstić information content (AvgIpc) is 2.40. The van der Waals surface area contributed by atoms with Crippen molar-refractivity contribution in [3.8, 4) is 0 Å². The van der Waals surface area contributed by atoms with E-state index in [-0.39, 0.29) is 5.82 Å². The van der Waals surface area contributed by atoms with E-state index >= 15 is 0 Å². The summed E-state index contributed by atoms with van der Waals surface area (Å²) < 4.78 is 14.0. The molecule has 0 aliphatic carbocycles. The average molecular weight is 337 g/mol. The van der Waals surface area contributed by atoms with E-state index in [1.165, 1.54) is 12.1 Å². The molecule has 2 N–H and O–H groups in total. The first-order chi connectivity index (χ1) is 9.58. The van der Waals surface area contributed by atoms with Gasteiger partial charge in [0.05, 0.1) is 0 Å². The summed E-state index contributed by atoms with van der Waals surface area (Å²) in [5, 5.41) is 5.36. The summed E-state index contributed by atoms with van der Waals surface area (Å²) in [5.74, 6) is -0.388. The molecule has 0 unspecified atom stereocenters. The first-order valence-corrected chi connectivity index (χ1v) is 7.00. The van der Waals surface area contributed by atoms with Crippen LogP contribution < -0.4 is 10.6 Å². The molecule has 5 heteroatoms. The fourth-order valence-corrected chi connectivity index (χ4v) is 2.24. The van der Waals surface area contributed by atoms with Crippen LogP contribution in [0.2, 0.25) is 0 Å². The molecule has 0 aromatic heterocycles. The summed E-state index contributed by atoms with van der Waals surface area (Å²) in [4.78, 5) is 11.9. The van der Waals surface area contributed by atoms with Gasteiger partial charge in [-0.3, -0.25) is 0 Å². The summed E-state index contributed by atoms with van der Waals surface area (Å²) in [7, 11) is 0. The van der Waals surface area contributed by atoms with Gasteiger partial charge in [0.2, 0.25) is 0 Å². The van der Waals surface area contributed by atoms with Gasteiger partial charge in [-0.1, -0.05) is 28.9 Å². The molecule has 104 valence electrons. The minimum Gasteiger partial charge on any atom is -0.308 e. The van der Waals surface area contributed by atoms with Crippen LogP contribution in [0.15, 0.2) is 46.9 Å². The fraction of sp³-hybridized carbons (Fsp3) is 0.133. The van der Waals surface area contributed by atoms with Crippen molar-refractivity contribution in [2.75, 3.05) is 10.6 Å². The van der Waals surface area contributed by atoms with E-state index in [9.17, 15) is 9.18 Å². The van der Waals surface area contributed by atoms with Crippen molar-refractivity contribution in [1.29, 1.82) is 0 Å². The SMILES string of the molecule is CCc1cc(Br)ccc1NC(=O)Nc1cccc(F)c1. The Morgan fingerprint density at radius 3 is 2.70 bits per heavy atom. The second-order valence-electron chi connectivity index (χ2n) is 4.24. The van der Waals surface area contributed by atoms with Crippen molar-refractivity contribution in [3.05, 3.63) is 58.3 Å². The Kier molecular flexibility index (Phi) is 4.74. The number of urea groups is 1. The molecule has 0 heterocycles. The van der Waals surface area contributed by atoms with Crippen molar-refractivity contribution in [2.24, 2.45) is 0 Å². The lowest BCUT2D eigenvalue weighted by atomic mass is 10.1. The number of halogens is 2. The highest BCUT2D eigenvalue weighted by atomic mass is 79.9. The van der Waals surface area contributed by atoms with Crippen LogP contribution in [-0.2, 0) is 6.42 Å². The van der Waals surface area contributed by atoms with E-state index in [2.05, 4.69) is 26.6 Å². The molecule has 0 bridgehead atoms. The molecule has 2 aromatic carbocycles. The number of hydrogen-bond donors (Lipinski definition) is 2. The number of rotatable bonds is 3. The summed E-state index contributed by atoms with van der Waals surface area (Å²) in [6.07, 6.45) is 0.801. The van der Waals surface area contributed by atoms with E-state index in [4.69, 9.17) is 0 Å². The number of carbonyl (C=O) groups is 1. The highest BCUT2D eigenvalue weighted by Gasteiger charge is 2.07. The van der Waals surface area contributed by atoms with Gasteiger partial charge in [-0.2, -0.15) is 0 Å². The zero-order valence-corrected chi connectivity index (χ0v) is 12.5. The van der Waals surface area contributed by atoms with Gasteiger partial charge in [-0.05, 0) is 48.4 Å². The van der Waals surface area contributed by atoms with Crippen LogP contribution in [0.3, 0.4) is 0 Å². The Balaban J connectivity index is 2.08. The molecular weight excluding hydrogens is 323 g/mol. The first-order valence-electron chi connectivity index (χ1n) is 6.20. The number of nitrogens with one attached hydrogen (secondary N) is 2. The lowest BCUT2D eigenvalue weighted by Crippen LogP contribution is -2.20. The Bertz CT molecular complexity index is 631. The van der Waals surface area contributed by atoms with Gasteiger partial charge in [0.25, 0.3) is 0 Å².